The van der Waals surface area contributed by atoms with Crippen molar-refractivity contribution >= 4 is 23.1 Å². The summed E-state index contributed by atoms with van der Waals surface area (Å²) < 4.78 is 5.12. The lowest BCUT2D eigenvalue weighted by Crippen LogP contribution is -2.08. The highest BCUT2D eigenvalue weighted by atomic mass is 32.1. The van der Waals surface area contributed by atoms with Crippen LogP contribution in [0.25, 0.3) is 0 Å². The normalized spacial score (nSPS) is 10.0. The van der Waals surface area contributed by atoms with Crippen LogP contribution in [0.15, 0.2) is 36.4 Å². The molecule has 0 saturated heterocycles. The number of rotatable bonds is 6. The van der Waals surface area contributed by atoms with Crippen LogP contribution >= 0.6 is 11.3 Å². The van der Waals surface area contributed by atoms with Crippen LogP contribution in [0.4, 0.5) is 0 Å². The predicted octanol–water partition coefficient (Wildman–Crippen LogP) is 3.63. The monoisotopic (exact) mass is 313 g/mol. The van der Waals surface area contributed by atoms with Crippen molar-refractivity contribution in [3.05, 3.63) is 57.3 Å². The van der Waals surface area contributed by atoms with Gasteiger partial charge >= 0.3 is 5.97 Å². The first-order valence-electron chi connectivity index (χ1n) is 6.83. The smallest absolute Gasteiger partial charge is 0.306 e. The number of nitriles is 1. The van der Waals surface area contributed by atoms with E-state index in [1.165, 1.54) is 11.3 Å². The second-order valence-corrected chi connectivity index (χ2v) is 6.05. The molecule has 1 aromatic heterocycles. The van der Waals surface area contributed by atoms with Crippen molar-refractivity contribution in [1.82, 2.24) is 0 Å². The van der Waals surface area contributed by atoms with Crippen molar-refractivity contribution in [2.45, 2.75) is 26.4 Å². The van der Waals surface area contributed by atoms with Crippen LogP contribution < -0.4 is 0 Å². The van der Waals surface area contributed by atoms with E-state index in [2.05, 4.69) is 0 Å². The molecule has 0 spiro atoms. The van der Waals surface area contributed by atoms with Gasteiger partial charge in [0.15, 0.2) is 5.78 Å². The van der Waals surface area contributed by atoms with Gasteiger partial charge in [-0.1, -0.05) is 18.2 Å². The zero-order chi connectivity index (χ0) is 15.9. The lowest BCUT2D eigenvalue weighted by atomic mass is 10.1. The molecule has 112 valence electrons. The molecule has 0 bridgehead atoms. The standard InChI is InChI=1S/C17H15NO3S/c1-12-6-8-16(22-12)15(19)7-9-17(20)21-11-14-5-3-2-4-13(14)10-18/h2-6,8H,7,9,11H2,1H3. The maximum absolute atomic E-state index is 11.9. The van der Waals surface area contributed by atoms with Crippen molar-refractivity contribution in [1.29, 1.82) is 5.26 Å². The number of nitrogens with zero attached hydrogens (tertiary/aromatic N) is 1. The summed E-state index contributed by atoms with van der Waals surface area (Å²) >= 11 is 1.42. The van der Waals surface area contributed by atoms with E-state index < -0.39 is 5.97 Å². The van der Waals surface area contributed by atoms with Crippen LogP contribution in [0.5, 0.6) is 0 Å². The summed E-state index contributed by atoms with van der Waals surface area (Å²) in [5, 5.41) is 8.95. The Labute approximate surface area is 133 Å². The van der Waals surface area contributed by atoms with Crippen LogP contribution in [-0.2, 0) is 16.1 Å². The fraction of sp³-hybridized carbons (Fsp3) is 0.235. The highest BCUT2D eigenvalue weighted by Crippen LogP contribution is 2.17. The van der Waals surface area contributed by atoms with Crippen LogP contribution in [-0.4, -0.2) is 11.8 Å². The number of ketones is 1. The van der Waals surface area contributed by atoms with Gasteiger partial charge in [-0.05, 0) is 25.1 Å². The number of thiophene rings is 1. The second-order valence-electron chi connectivity index (χ2n) is 4.76. The average Bonchev–Trinajstić information content (AvgIpc) is 2.97. The van der Waals surface area contributed by atoms with Gasteiger partial charge in [0.2, 0.25) is 0 Å². The minimum absolute atomic E-state index is 0.0461. The summed E-state index contributed by atoms with van der Waals surface area (Å²) in [4.78, 5) is 25.3. The van der Waals surface area contributed by atoms with Gasteiger partial charge in [-0.15, -0.1) is 11.3 Å². The third-order valence-corrected chi connectivity index (χ3v) is 4.14. The molecule has 2 aromatic rings. The molecule has 0 fully saturated rings. The fourth-order valence-corrected chi connectivity index (χ4v) is 2.74. The summed E-state index contributed by atoms with van der Waals surface area (Å²) in [6, 6.07) is 12.7. The highest BCUT2D eigenvalue weighted by Gasteiger charge is 2.12. The fourth-order valence-electron chi connectivity index (χ4n) is 1.91. The van der Waals surface area contributed by atoms with E-state index >= 15 is 0 Å². The molecule has 0 aliphatic carbocycles. The molecule has 0 unspecified atom stereocenters. The molecule has 5 heteroatoms. The third-order valence-electron chi connectivity index (χ3n) is 3.10. The number of Topliss-reactive ketones (excluding diaryl/α,β-unsaturated/α-hetero) is 1. The number of ether oxygens (including phenoxy) is 1. The second kappa shape index (κ2) is 7.53. The van der Waals surface area contributed by atoms with Gasteiger partial charge in [0, 0.05) is 16.9 Å². The lowest BCUT2D eigenvalue weighted by Gasteiger charge is -2.05. The Morgan fingerprint density at radius 2 is 1.95 bits per heavy atom. The summed E-state index contributed by atoms with van der Waals surface area (Å²) in [7, 11) is 0. The SMILES string of the molecule is Cc1ccc(C(=O)CCC(=O)OCc2ccccc2C#N)s1. The molecular weight excluding hydrogens is 298 g/mol. The zero-order valence-electron chi connectivity index (χ0n) is 12.2. The number of hydrogen-bond donors (Lipinski definition) is 0. The van der Waals surface area contributed by atoms with Crippen molar-refractivity contribution < 1.29 is 14.3 Å². The van der Waals surface area contributed by atoms with E-state index in [0.29, 0.717) is 16.0 Å². The number of esters is 1. The molecule has 0 aliphatic rings. The van der Waals surface area contributed by atoms with Gasteiger partial charge in [0.05, 0.1) is 22.9 Å². The Bertz CT molecular complexity index is 728. The topological polar surface area (TPSA) is 67.2 Å². The van der Waals surface area contributed by atoms with Gasteiger partial charge in [0.25, 0.3) is 0 Å². The first-order valence-corrected chi connectivity index (χ1v) is 7.65. The predicted molar refractivity (Wildman–Crippen MR) is 83.6 cm³/mol. The summed E-state index contributed by atoms with van der Waals surface area (Å²) in [5.74, 6) is -0.484. The van der Waals surface area contributed by atoms with Crippen molar-refractivity contribution in [3.8, 4) is 6.07 Å². The first-order chi connectivity index (χ1) is 10.6. The number of benzene rings is 1. The molecule has 1 heterocycles. The van der Waals surface area contributed by atoms with Gasteiger partial charge in [0.1, 0.15) is 6.61 Å². The van der Waals surface area contributed by atoms with Crippen molar-refractivity contribution in [2.24, 2.45) is 0 Å². The summed E-state index contributed by atoms with van der Waals surface area (Å²) in [6.07, 6.45) is 0.184. The van der Waals surface area contributed by atoms with Crippen LogP contribution in [0.2, 0.25) is 0 Å². The van der Waals surface area contributed by atoms with E-state index in [9.17, 15) is 9.59 Å². The van der Waals surface area contributed by atoms with Gasteiger partial charge in [-0.25, -0.2) is 0 Å². The molecule has 4 nitrogen and oxygen atoms in total. The first kappa shape index (κ1) is 15.9. The summed E-state index contributed by atoms with van der Waals surface area (Å²) in [6.45, 7) is 1.98. The Kier molecular flexibility index (Phi) is 5.45. The van der Waals surface area contributed by atoms with Crippen LogP contribution in [0, 0.1) is 18.3 Å². The van der Waals surface area contributed by atoms with E-state index in [0.717, 1.165) is 4.88 Å². The maximum Gasteiger partial charge on any atom is 0.306 e. The molecule has 22 heavy (non-hydrogen) atoms. The largest absolute Gasteiger partial charge is 0.461 e. The number of aryl methyl sites for hydroxylation is 1. The molecule has 2 rings (SSSR count). The zero-order valence-corrected chi connectivity index (χ0v) is 13.0. The van der Waals surface area contributed by atoms with Crippen LogP contribution in [0.3, 0.4) is 0 Å². The number of carbonyl (C=O) groups excluding carboxylic acids is 2. The molecule has 1 aromatic carbocycles. The van der Waals surface area contributed by atoms with Crippen LogP contribution in [0.1, 0.15) is 38.5 Å². The van der Waals surface area contributed by atoms with Gasteiger partial charge in [-0.3, -0.25) is 9.59 Å². The Balaban J connectivity index is 1.81. The van der Waals surface area contributed by atoms with E-state index in [4.69, 9.17) is 10.00 Å². The molecule has 0 radical (unpaired) electrons. The Morgan fingerprint density at radius 1 is 1.18 bits per heavy atom. The summed E-state index contributed by atoms with van der Waals surface area (Å²) in [5.41, 5.74) is 1.15. The lowest BCUT2D eigenvalue weighted by molar-refractivity contribution is -0.144. The van der Waals surface area contributed by atoms with Crippen molar-refractivity contribution in [3.63, 3.8) is 0 Å². The van der Waals surface area contributed by atoms with Crippen molar-refractivity contribution in [2.75, 3.05) is 0 Å². The number of carbonyl (C=O) groups is 2. The maximum atomic E-state index is 11.9. The van der Waals surface area contributed by atoms with Gasteiger partial charge < -0.3 is 4.74 Å². The van der Waals surface area contributed by atoms with E-state index in [1.54, 1.807) is 30.3 Å². The van der Waals surface area contributed by atoms with E-state index in [1.807, 2.05) is 19.1 Å². The molecule has 0 N–H and O–H groups in total. The average molecular weight is 313 g/mol. The molecule has 0 amide bonds. The Morgan fingerprint density at radius 3 is 2.64 bits per heavy atom. The molecular formula is C17H15NO3S. The van der Waals surface area contributed by atoms with Gasteiger partial charge in [-0.2, -0.15) is 5.26 Å². The quantitative estimate of drug-likeness (QED) is 0.603. The molecule has 0 atom stereocenters. The van der Waals surface area contributed by atoms with E-state index in [-0.39, 0.29) is 25.2 Å². The molecule has 0 aliphatic heterocycles. The minimum Gasteiger partial charge on any atom is -0.461 e. The number of hydrogen-bond acceptors (Lipinski definition) is 5. The highest BCUT2D eigenvalue weighted by molar-refractivity contribution is 7.14. The minimum atomic E-state index is -0.436. The Hall–Kier alpha value is -2.45. The molecule has 0 saturated carbocycles. The third kappa shape index (κ3) is 4.27.